The molecule has 11 heteroatoms. The van der Waals surface area contributed by atoms with Crippen LogP contribution >= 0.6 is 23.2 Å². The molecule has 0 atom stereocenters. The van der Waals surface area contributed by atoms with Crippen molar-refractivity contribution in [1.29, 1.82) is 0 Å². The molecule has 4 aromatic rings. The zero-order chi connectivity index (χ0) is 22.2. The van der Waals surface area contributed by atoms with Gasteiger partial charge in [-0.1, -0.05) is 28.4 Å². The van der Waals surface area contributed by atoms with Crippen LogP contribution in [0.2, 0.25) is 10.0 Å². The number of aryl methyl sites for hydroxylation is 1. The fourth-order valence-corrected chi connectivity index (χ4v) is 4.41. The Morgan fingerprint density at radius 2 is 1.90 bits per heavy atom. The molecular formula is C20H17Cl2N5O3S. The summed E-state index contributed by atoms with van der Waals surface area (Å²) in [5.74, 6) is 0.689. The van der Waals surface area contributed by atoms with Crippen LogP contribution < -0.4 is 9.46 Å². The molecule has 0 fully saturated rings. The summed E-state index contributed by atoms with van der Waals surface area (Å²) in [5.41, 5.74) is 2.79. The fourth-order valence-electron chi connectivity index (χ4n) is 3.03. The normalized spacial score (nSPS) is 11.7. The van der Waals surface area contributed by atoms with Crippen molar-refractivity contribution in [1.82, 2.24) is 24.7 Å². The Hall–Kier alpha value is -2.72. The predicted octanol–water partition coefficient (Wildman–Crippen LogP) is 3.92. The molecule has 0 unspecified atom stereocenters. The second-order valence-corrected chi connectivity index (χ2v) is 9.30. The van der Waals surface area contributed by atoms with E-state index in [1.54, 1.807) is 18.0 Å². The standard InChI is InChI=1S/C20H17Cl2N5O3S/c1-12-7-20(16-8-14(30-2)3-6-19(16)24-12)27-11-13(25-26-27)10-23-31(28,29)15-4-5-17(21)18(22)9-15/h3-9,11,23H,10H2,1-2H3. The van der Waals surface area contributed by atoms with Gasteiger partial charge in [0.15, 0.2) is 0 Å². The number of ether oxygens (including phenoxy) is 1. The molecule has 0 aliphatic carbocycles. The lowest BCUT2D eigenvalue weighted by Gasteiger charge is -2.09. The number of halogens is 2. The molecule has 2 heterocycles. The predicted molar refractivity (Wildman–Crippen MR) is 118 cm³/mol. The first-order valence-electron chi connectivity index (χ1n) is 9.08. The molecule has 0 amide bonds. The minimum absolute atomic E-state index is 0.0112. The molecule has 0 saturated heterocycles. The number of rotatable bonds is 6. The van der Waals surface area contributed by atoms with E-state index in [-0.39, 0.29) is 21.5 Å². The van der Waals surface area contributed by atoms with Crippen molar-refractivity contribution >= 4 is 44.1 Å². The van der Waals surface area contributed by atoms with Crippen LogP contribution in [0.25, 0.3) is 16.6 Å². The number of nitrogens with one attached hydrogen (secondary N) is 1. The number of benzene rings is 2. The first-order valence-corrected chi connectivity index (χ1v) is 11.3. The molecule has 2 aromatic carbocycles. The second-order valence-electron chi connectivity index (χ2n) is 6.72. The molecule has 0 bridgehead atoms. The minimum atomic E-state index is -3.80. The van der Waals surface area contributed by atoms with Gasteiger partial charge in [-0.2, -0.15) is 0 Å². The van der Waals surface area contributed by atoms with Gasteiger partial charge >= 0.3 is 0 Å². The minimum Gasteiger partial charge on any atom is -0.497 e. The Labute approximate surface area is 188 Å². The van der Waals surface area contributed by atoms with Crippen LogP contribution in [0.4, 0.5) is 0 Å². The SMILES string of the molecule is COc1ccc2nc(C)cc(-n3cc(CNS(=O)(=O)c4ccc(Cl)c(Cl)c4)nn3)c2c1. The van der Waals surface area contributed by atoms with E-state index < -0.39 is 10.0 Å². The van der Waals surface area contributed by atoms with E-state index in [1.165, 1.54) is 18.2 Å². The van der Waals surface area contributed by atoms with E-state index in [4.69, 9.17) is 27.9 Å². The lowest BCUT2D eigenvalue weighted by atomic mass is 10.1. The van der Waals surface area contributed by atoms with E-state index in [0.717, 1.165) is 22.3 Å². The maximum Gasteiger partial charge on any atom is 0.240 e. The van der Waals surface area contributed by atoms with Crippen molar-refractivity contribution in [3.8, 4) is 11.4 Å². The summed E-state index contributed by atoms with van der Waals surface area (Å²) in [7, 11) is -2.21. The van der Waals surface area contributed by atoms with Crippen LogP contribution in [0.3, 0.4) is 0 Å². The highest BCUT2D eigenvalue weighted by Crippen LogP contribution is 2.27. The van der Waals surface area contributed by atoms with Crippen LogP contribution in [0.15, 0.2) is 53.6 Å². The molecule has 2 aromatic heterocycles. The van der Waals surface area contributed by atoms with Gasteiger partial charge in [0.2, 0.25) is 10.0 Å². The molecule has 0 aliphatic heterocycles. The second kappa shape index (κ2) is 8.43. The summed E-state index contributed by atoms with van der Waals surface area (Å²) in [6.45, 7) is 1.84. The third kappa shape index (κ3) is 4.49. The summed E-state index contributed by atoms with van der Waals surface area (Å²) < 4.78 is 34.5. The van der Waals surface area contributed by atoms with Crippen molar-refractivity contribution < 1.29 is 13.2 Å². The van der Waals surface area contributed by atoms with E-state index >= 15 is 0 Å². The maximum absolute atomic E-state index is 12.5. The Morgan fingerprint density at radius 3 is 2.65 bits per heavy atom. The van der Waals surface area contributed by atoms with Crippen molar-refractivity contribution in [3.05, 3.63) is 70.1 Å². The number of hydrogen-bond donors (Lipinski definition) is 1. The van der Waals surface area contributed by atoms with Crippen molar-refractivity contribution in [3.63, 3.8) is 0 Å². The van der Waals surface area contributed by atoms with Gasteiger partial charge in [-0.3, -0.25) is 4.98 Å². The van der Waals surface area contributed by atoms with E-state index in [1.807, 2.05) is 31.2 Å². The maximum atomic E-state index is 12.5. The van der Waals surface area contributed by atoms with Crippen LogP contribution in [-0.4, -0.2) is 35.5 Å². The molecule has 160 valence electrons. The Morgan fingerprint density at radius 1 is 1.10 bits per heavy atom. The van der Waals surface area contributed by atoms with Gasteiger partial charge in [0.05, 0.1) is 51.7 Å². The zero-order valence-electron chi connectivity index (χ0n) is 16.5. The van der Waals surface area contributed by atoms with Gasteiger partial charge in [-0.05, 0) is 49.4 Å². The highest BCUT2D eigenvalue weighted by molar-refractivity contribution is 7.89. The Balaban J connectivity index is 1.61. The number of pyridine rings is 1. The van der Waals surface area contributed by atoms with Gasteiger partial charge in [-0.25, -0.2) is 17.8 Å². The topological polar surface area (TPSA) is 99.0 Å². The average molecular weight is 478 g/mol. The van der Waals surface area contributed by atoms with Crippen LogP contribution in [0, 0.1) is 6.92 Å². The van der Waals surface area contributed by atoms with Crippen LogP contribution in [-0.2, 0) is 16.6 Å². The average Bonchev–Trinajstić information content (AvgIpc) is 3.22. The first kappa shape index (κ1) is 21.5. The quantitative estimate of drug-likeness (QED) is 0.451. The summed E-state index contributed by atoms with van der Waals surface area (Å²) in [5, 5.41) is 9.51. The van der Waals surface area contributed by atoms with E-state index in [2.05, 4.69) is 20.0 Å². The van der Waals surface area contributed by atoms with Gasteiger partial charge in [0.1, 0.15) is 5.75 Å². The molecule has 31 heavy (non-hydrogen) atoms. The lowest BCUT2D eigenvalue weighted by molar-refractivity contribution is 0.415. The van der Waals surface area contributed by atoms with E-state index in [9.17, 15) is 8.42 Å². The van der Waals surface area contributed by atoms with Crippen molar-refractivity contribution in [2.75, 3.05) is 7.11 Å². The fraction of sp³-hybridized carbons (Fsp3) is 0.150. The Bertz CT molecular complexity index is 1390. The number of hydrogen-bond acceptors (Lipinski definition) is 6. The summed E-state index contributed by atoms with van der Waals surface area (Å²) >= 11 is 11.8. The molecule has 0 radical (unpaired) electrons. The molecule has 8 nitrogen and oxygen atoms in total. The molecule has 0 spiro atoms. The highest BCUT2D eigenvalue weighted by Gasteiger charge is 2.17. The lowest BCUT2D eigenvalue weighted by Crippen LogP contribution is -2.23. The van der Waals surface area contributed by atoms with Crippen molar-refractivity contribution in [2.24, 2.45) is 0 Å². The third-order valence-electron chi connectivity index (χ3n) is 4.55. The monoisotopic (exact) mass is 477 g/mol. The highest BCUT2D eigenvalue weighted by atomic mass is 35.5. The zero-order valence-corrected chi connectivity index (χ0v) is 18.8. The molecule has 1 N–H and O–H groups in total. The van der Waals surface area contributed by atoms with Crippen LogP contribution in [0.1, 0.15) is 11.4 Å². The Kier molecular flexibility index (Phi) is 5.85. The molecule has 0 saturated carbocycles. The first-order chi connectivity index (χ1) is 14.8. The van der Waals surface area contributed by atoms with Gasteiger partial charge < -0.3 is 4.74 Å². The number of aromatic nitrogens is 4. The number of methoxy groups -OCH3 is 1. The largest absolute Gasteiger partial charge is 0.497 e. The molecular weight excluding hydrogens is 461 g/mol. The van der Waals surface area contributed by atoms with Gasteiger partial charge in [-0.15, -0.1) is 5.10 Å². The van der Waals surface area contributed by atoms with Gasteiger partial charge in [0, 0.05) is 11.1 Å². The smallest absolute Gasteiger partial charge is 0.240 e. The molecule has 0 aliphatic rings. The number of sulfonamides is 1. The number of fused-ring (bicyclic) bond motifs is 1. The van der Waals surface area contributed by atoms with Crippen molar-refractivity contribution in [2.45, 2.75) is 18.4 Å². The van der Waals surface area contributed by atoms with Gasteiger partial charge in [0.25, 0.3) is 0 Å². The summed E-state index contributed by atoms with van der Waals surface area (Å²) in [4.78, 5) is 4.54. The summed E-state index contributed by atoms with van der Waals surface area (Å²) in [6.07, 6.45) is 1.66. The summed E-state index contributed by atoms with van der Waals surface area (Å²) in [6, 6.07) is 11.6. The van der Waals surface area contributed by atoms with E-state index in [0.29, 0.717) is 11.4 Å². The number of nitrogens with zero attached hydrogens (tertiary/aromatic N) is 4. The van der Waals surface area contributed by atoms with Crippen LogP contribution in [0.5, 0.6) is 5.75 Å². The third-order valence-corrected chi connectivity index (χ3v) is 6.69. The molecule has 4 rings (SSSR count).